The number of rotatable bonds is 2. The van der Waals surface area contributed by atoms with Crippen LogP contribution in [0.25, 0.3) is 9.75 Å². The molecule has 0 bridgehead atoms. The lowest BCUT2D eigenvalue weighted by Gasteiger charge is -1.86. The molecule has 3 N–H and O–H groups in total. The lowest BCUT2D eigenvalue weighted by Crippen LogP contribution is -2.47. The molecule has 1 nitrogen and oxygen atoms in total. The largest absolute Gasteiger partial charge is 0.353 e. The molecule has 2 heterocycles. The van der Waals surface area contributed by atoms with Crippen LogP contribution in [-0.4, -0.2) is 0 Å². The van der Waals surface area contributed by atoms with Crippen molar-refractivity contribution in [1.82, 2.24) is 0 Å². The zero-order valence-corrected chi connectivity index (χ0v) is 8.25. The lowest BCUT2D eigenvalue weighted by molar-refractivity contribution is -0.385. The Hall–Kier alpha value is -0.640. The van der Waals surface area contributed by atoms with Gasteiger partial charge in [0.2, 0.25) is 0 Å². The van der Waals surface area contributed by atoms with Crippen LogP contribution in [0.4, 0.5) is 0 Å². The Morgan fingerprint density at radius 3 is 2.67 bits per heavy atom. The van der Waals surface area contributed by atoms with E-state index in [1.54, 1.807) is 11.3 Å². The van der Waals surface area contributed by atoms with Crippen LogP contribution in [0, 0.1) is 0 Å². The van der Waals surface area contributed by atoms with Gasteiger partial charge >= 0.3 is 0 Å². The molecule has 0 aliphatic rings. The molecule has 62 valence electrons. The molecule has 0 unspecified atom stereocenters. The first-order chi connectivity index (χ1) is 5.90. The minimum absolute atomic E-state index is 0.899. The highest BCUT2D eigenvalue weighted by molar-refractivity contribution is 7.21. The Labute approximate surface area is 79.5 Å². The SMILES string of the molecule is [NH3+]Cc1ccc(-c2cccs2)s1. The normalized spacial score (nSPS) is 10.4. The van der Waals surface area contributed by atoms with Crippen molar-refractivity contribution in [2.24, 2.45) is 0 Å². The summed E-state index contributed by atoms with van der Waals surface area (Å²) in [6, 6.07) is 8.58. The molecule has 0 aliphatic heterocycles. The quantitative estimate of drug-likeness (QED) is 0.763. The molecule has 0 radical (unpaired) electrons. The Balaban J connectivity index is 2.35. The van der Waals surface area contributed by atoms with Gasteiger partial charge in [-0.3, -0.25) is 0 Å². The molecule has 0 aliphatic carbocycles. The highest BCUT2D eigenvalue weighted by atomic mass is 32.1. The third-order valence-corrected chi connectivity index (χ3v) is 3.88. The topological polar surface area (TPSA) is 27.6 Å². The molecule has 0 saturated heterocycles. The molecule has 2 aromatic rings. The van der Waals surface area contributed by atoms with Gasteiger partial charge in [0, 0.05) is 9.75 Å². The molecule has 0 atom stereocenters. The van der Waals surface area contributed by atoms with Crippen LogP contribution in [0.15, 0.2) is 29.6 Å². The first kappa shape index (κ1) is 7.98. The van der Waals surface area contributed by atoms with E-state index in [0.717, 1.165) is 6.54 Å². The second-order valence-electron chi connectivity index (χ2n) is 2.49. The van der Waals surface area contributed by atoms with Crippen LogP contribution < -0.4 is 5.73 Å². The second kappa shape index (κ2) is 3.39. The third-order valence-electron chi connectivity index (χ3n) is 1.67. The van der Waals surface area contributed by atoms with Crippen LogP contribution in [-0.2, 0) is 6.54 Å². The van der Waals surface area contributed by atoms with Gasteiger partial charge in [-0.1, -0.05) is 6.07 Å². The van der Waals surface area contributed by atoms with Crippen molar-refractivity contribution in [2.75, 3.05) is 0 Å². The molecule has 2 rings (SSSR count). The fraction of sp³-hybridized carbons (Fsp3) is 0.111. The molecule has 0 fully saturated rings. The molecular weight excluding hydrogens is 186 g/mol. The van der Waals surface area contributed by atoms with Gasteiger partial charge in [0.1, 0.15) is 6.54 Å². The number of quaternary nitrogens is 1. The van der Waals surface area contributed by atoms with Crippen molar-refractivity contribution >= 4 is 22.7 Å². The van der Waals surface area contributed by atoms with Gasteiger partial charge in [-0.25, -0.2) is 0 Å². The maximum atomic E-state index is 3.86. The molecule has 2 aromatic heterocycles. The minimum atomic E-state index is 0.899. The zero-order chi connectivity index (χ0) is 8.39. The monoisotopic (exact) mass is 196 g/mol. The van der Waals surface area contributed by atoms with Gasteiger partial charge in [-0.15, -0.1) is 22.7 Å². The summed E-state index contributed by atoms with van der Waals surface area (Å²) in [5.41, 5.74) is 3.86. The van der Waals surface area contributed by atoms with Crippen molar-refractivity contribution in [3.05, 3.63) is 34.5 Å². The highest BCUT2D eigenvalue weighted by Gasteiger charge is 2.02. The van der Waals surface area contributed by atoms with Crippen molar-refractivity contribution in [1.29, 1.82) is 0 Å². The van der Waals surface area contributed by atoms with Crippen molar-refractivity contribution < 1.29 is 5.73 Å². The number of hydrogen-bond donors (Lipinski definition) is 1. The zero-order valence-electron chi connectivity index (χ0n) is 6.62. The molecular formula is C9H10NS2+. The molecule has 0 spiro atoms. The maximum absolute atomic E-state index is 3.86. The van der Waals surface area contributed by atoms with Gasteiger partial charge in [0.05, 0.1) is 4.88 Å². The Kier molecular flexibility index (Phi) is 2.26. The molecule has 0 aromatic carbocycles. The van der Waals surface area contributed by atoms with Crippen molar-refractivity contribution in [3.63, 3.8) is 0 Å². The summed E-state index contributed by atoms with van der Waals surface area (Å²) in [5, 5.41) is 2.11. The van der Waals surface area contributed by atoms with E-state index < -0.39 is 0 Å². The number of hydrogen-bond acceptors (Lipinski definition) is 2. The van der Waals surface area contributed by atoms with Crippen LogP contribution in [0.5, 0.6) is 0 Å². The fourth-order valence-electron chi connectivity index (χ4n) is 1.06. The minimum Gasteiger partial charge on any atom is -0.353 e. The van der Waals surface area contributed by atoms with Crippen LogP contribution >= 0.6 is 22.7 Å². The summed E-state index contributed by atoms with van der Waals surface area (Å²) in [4.78, 5) is 4.08. The van der Waals surface area contributed by atoms with Crippen LogP contribution in [0.1, 0.15) is 4.88 Å². The summed E-state index contributed by atoms with van der Waals surface area (Å²) in [6.45, 7) is 0.899. The molecule has 12 heavy (non-hydrogen) atoms. The van der Waals surface area contributed by atoms with Crippen molar-refractivity contribution in [2.45, 2.75) is 6.54 Å². The van der Waals surface area contributed by atoms with E-state index in [9.17, 15) is 0 Å². The van der Waals surface area contributed by atoms with E-state index in [-0.39, 0.29) is 0 Å². The Bertz CT molecular complexity index is 348. The van der Waals surface area contributed by atoms with Gasteiger partial charge in [-0.2, -0.15) is 0 Å². The molecule has 3 heteroatoms. The number of thiophene rings is 2. The van der Waals surface area contributed by atoms with Crippen LogP contribution in [0.3, 0.4) is 0 Å². The predicted octanol–water partition coefficient (Wildman–Crippen LogP) is 2.22. The van der Waals surface area contributed by atoms with Gasteiger partial charge < -0.3 is 5.73 Å². The maximum Gasteiger partial charge on any atom is 0.109 e. The highest BCUT2D eigenvalue weighted by Crippen LogP contribution is 2.30. The van der Waals surface area contributed by atoms with Gasteiger partial charge in [0.25, 0.3) is 0 Å². The van der Waals surface area contributed by atoms with E-state index in [4.69, 9.17) is 0 Å². The van der Waals surface area contributed by atoms with E-state index in [0.29, 0.717) is 0 Å². The fourth-order valence-corrected chi connectivity index (χ4v) is 2.80. The predicted molar refractivity (Wildman–Crippen MR) is 54.2 cm³/mol. The first-order valence-corrected chi connectivity index (χ1v) is 5.51. The Morgan fingerprint density at radius 1 is 1.17 bits per heavy atom. The summed E-state index contributed by atoms with van der Waals surface area (Å²) in [5.74, 6) is 0. The van der Waals surface area contributed by atoms with Gasteiger partial charge in [-0.05, 0) is 23.6 Å². The summed E-state index contributed by atoms with van der Waals surface area (Å²) >= 11 is 3.63. The molecule has 0 amide bonds. The van der Waals surface area contributed by atoms with E-state index in [1.807, 2.05) is 11.3 Å². The van der Waals surface area contributed by atoms with E-state index in [2.05, 4.69) is 35.4 Å². The average molecular weight is 196 g/mol. The third kappa shape index (κ3) is 1.43. The summed E-state index contributed by atoms with van der Waals surface area (Å²) < 4.78 is 0. The Morgan fingerprint density at radius 2 is 2.08 bits per heavy atom. The van der Waals surface area contributed by atoms with Crippen molar-refractivity contribution in [3.8, 4) is 9.75 Å². The molecule has 0 saturated carbocycles. The smallest absolute Gasteiger partial charge is 0.109 e. The first-order valence-electron chi connectivity index (χ1n) is 3.82. The summed E-state index contributed by atoms with van der Waals surface area (Å²) in [6.07, 6.45) is 0. The van der Waals surface area contributed by atoms with Crippen LogP contribution in [0.2, 0.25) is 0 Å². The average Bonchev–Trinajstić information content (AvgIpc) is 2.75. The van der Waals surface area contributed by atoms with Gasteiger partial charge in [0.15, 0.2) is 0 Å². The lowest BCUT2D eigenvalue weighted by atomic mass is 10.4. The van der Waals surface area contributed by atoms with E-state index in [1.165, 1.54) is 14.6 Å². The summed E-state index contributed by atoms with van der Waals surface area (Å²) in [7, 11) is 0. The van der Waals surface area contributed by atoms with E-state index >= 15 is 0 Å². The standard InChI is InChI=1S/C9H9NS2/c10-6-7-3-4-9(12-7)8-2-1-5-11-8/h1-5H,6,10H2/p+1. The second-order valence-corrected chi connectivity index (χ2v) is 4.61.